The second-order valence-electron chi connectivity index (χ2n) is 6.42. The lowest BCUT2D eigenvalue weighted by Crippen LogP contribution is -2.31. The number of hydrazine groups is 1. The van der Waals surface area contributed by atoms with Gasteiger partial charge >= 0.3 is 0 Å². The molecule has 0 radical (unpaired) electrons. The monoisotopic (exact) mass is 293 g/mol. The minimum absolute atomic E-state index is 0.00824. The van der Waals surface area contributed by atoms with E-state index in [1.165, 1.54) is 12.8 Å². The van der Waals surface area contributed by atoms with Gasteiger partial charge in [0, 0.05) is 23.4 Å². The number of aromatic nitrogens is 2. The van der Waals surface area contributed by atoms with Crippen molar-refractivity contribution < 1.29 is 5.11 Å². The normalized spacial score (nSPS) is 17.2. The summed E-state index contributed by atoms with van der Waals surface area (Å²) in [6, 6.07) is 0. The molecule has 1 fully saturated rings. The molecule has 1 heterocycles. The molecule has 1 aliphatic carbocycles. The van der Waals surface area contributed by atoms with Gasteiger partial charge in [0.05, 0.1) is 6.61 Å². The number of nitrogens with two attached hydrogens (primary N) is 1. The van der Waals surface area contributed by atoms with Crippen LogP contribution in [0.4, 0.5) is 11.6 Å². The van der Waals surface area contributed by atoms with E-state index in [0.29, 0.717) is 5.82 Å². The fourth-order valence-electron chi connectivity index (χ4n) is 2.89. The lowest BCUT2D eigenvalue weighted by Gasteiger charge is -2.27. The predicted molar refractivity (Wildman–Crippen MR) is 85.1 cm³/mol. The molecule has 5 N–H and O–H groups in total. The summed E-state index contributed by atoms with van der Waals surface area (Å²) in [5.74, 6) is 8.01. The molecule has 21 heavy (non-hydrogen) atoms. The number of rotatable bonds is 6. The zero-order valence-corrected chi connectivity index (χ0v) is 13.2. The van der Waals surface area contributed by atoms with Gasteiger partial charge in [0.25, 0.3) is 0 Å². The highest BCUT2D eigenvalue weighted by Crippen LogP contribution is 2.38. The molecule has 1 saturated carbocycles. The number of aliphatic hydroxyl groups excluding tert-OH is 1. The van der Waals surface area contributed by atoms with Gasteiger partial charge in [-0.15, -0.1) is 0 Å². The van der Waals surface area contributed by atoms with Crippen LogP contribution in [0.25, 0.3) is 0 Å². The SMILES string of the molecule is Cc1c(NN)nc(C(C)C)nc1NCC1(CO)CCCC1. The third kappa shape index (κ3) is 3.44. The molecule has 1 aliphatic rings. The van der Waals surface area contributed by atoms with Crippen molar-refractivity contribution in [1.29, 1.82) is 0 Å². The first-order chi connectivity index (χ1) is 10.0. The summed E-state index contributed by atoms with van der Waals surface area (Å²) in [6.45, 7) is 7.02. The van der Waals surface area contributed by atoms with Gasteiger partial charge < -0.3 is 15.8 Å². The van der Waals surface area contributed by atoms with Crippen LogP contribution in [0.15, 0.2) is 0 Å². The van der Waals surface area contributed by atoms with Crippen LogP contribution in [0, 0.1) is 12.3 Å². The Balaban J connectivity index is 2.20. The maximum atomic E-state index is 9.70. The molecule has 0 saturated heterocycles. The van der Waals surface area contributed by atoms with Crippen molar-refractivity contribution in [3.63, 3.8) is 0 Å². The van der Waals surface area contributed by atoms with Crippen LogP contribution in [0.5, 0.6) is 0 Å². The van der Waals surface area contributed by atoms with Gasteiger partial charge in [-0.05, 0) is 19.8 Å². The molecule has 118 valence electrons. The summed E-state index contributed by atoms with van der Waals surface area (Å²) in [7, 11) is 0. The Morgan fingerprint density at radius 3 is 2.38 bits per heavy atom. The Bertz CT molecular complexity index is 483. The van der Waals surface area contributed by atoms with E-state index >= 15 is 0 Å². The first-order valence-corrected chi connectivity index (χ1v) is 7.71. The standard InChI is InChI=1S/C15H27N5O/c1-10(2)12-18-13(11(3)14(19-12)20-16)17-8-15(9-21)6-4-5-7-15/h10,21H,4-9,16H2,1-3H3,(H2,17,18,19,20). The van der Waals surface area contributed by atoms with Gasteiger partial charge in [-0.2, -0.15) is 0 Å². The fourth-order valence-corrected chi connectivity index (χ4v) is 2.89. The Kier molecular flexibility index (Phi) is 5.00. The molecule has 0 amide bonds. The van der Waals surface area contributed by atoms with Crippen LogP contribution in [0.2, 0.25) is 0 Å². The molecular weight excluding hydrogens is 266 g/mol. The third-order valence-electron chi connectivity index (χ3n) is 4.45. The maximum Gasteiger partial charge on any atom is 0.148 e. The summed E-state index contributed by atoms with van der Waals surface area (Å²) in [5, 5.41) is 13.1. The van der Waals surface area contributed by atoms with Gasteiger partial charge in [-0.3, -0.25) is 0 Å². The van der Waals surface area contributed by atoms with Crippen molar-refractivity contribution in [1.82, 2.24) is 9.97 Å². The summed E-state index contributed by atoms with van der Waals surface area (Å²) in [5.41, 5.74) is 3.54. The van der Waals surface area contributed by atoms with Gasteiger partial charge in [0.15, 0.2) is 0 Å². The average Bonchev–Trinajstić information content (AvgIpc) is 2.95. The molecule has 0 aliphatic heterocycles. The minimum atomic E-state index is -0.00824. The molecule has 0 aromatic carbocycles. The zero-order chi connectivity index (χ0) is 15.5. The second kappa shape index (κ2) is 6.58. The van der Waals surface area contributed by atoms with Crippen LogP contribution in [-0.2, 0) is 0 Å². The highest BCUT2D eigenvalue weighted by molar-refractivity contribution is 5.57. The molecular formula is C15H27N5O. The van der Waals surface area contributed by atoms with Gasteiger partial charge in [0.2, 0.25) is 0 Å². The highest BCUT2D eigenvalue weighted by Gasteiger charge is 2.33. The van der Waals surface area contributed by atoms with E-state index < -0.39 is 0 Å². The maximum absolute atomic E-state index is 9.70. The Morgan fingerprint density at radius 1 is 1.24 bits per heavy atom. The molecule has 2 rings (SSSR count). The Morgan fingerprint density at radius 2 is 1.86 bits per heavy atom. The smallest absolute Gasteiger partial charge is 0.148 e. The molecule has 0 bridgehead atoms. The van der Waals surface area contributed by atoms with E-state index in [-0.39, 0.29) is 17.9 Å². The predicted octanol–water partition coefficient (Wildman–Crippen LogP) is 2.16. The van der Waals surface area contributed by atoms with Crippen LogP contribution < -0.4 is 16.6 Å². The van der Waals surface area contributed by atoms with Gasteiger partial charge in [-0.1, -0.05) is 26.7 Å². The minimum Gasteiger partial charge on any atom is -0.396 e. The zero-order valence-electron chi connectivity index (χ0n) is 13.2. The van der Waals surface area contributed by atoms with Crippen LogP contribution in [0.3, 0.4) is 0 Å². The number of hydrogen-bond acceptors (Lipinski definition) is 6. The summed E-state index contributed by atoms with van der Waals surface area (Å²) < 4.78 is 0. The number of nitrogens with one attached hydrogen (secondary N) is 2. The number of anilines is 2. The first-order valence-electron chi connectivity index (χ1n) is 7.71. The lowest BCUT2D eigenvalue weighted by atomic mass is 9.87. The highest BCUT2D eigenvalue weighted by atomic mass is 16.3. The topological polar surface area (TPSA) is 96.1 Å². The number of nitrogen functional groups attached to an aromatic ring is 1. The number of hydrogen-bond donors (Lipinski definition) is 4. The van der Waals surface area contributed by atoms with Crippen molar-refractivity contribution in [2.45, 2.75) is 52.4 Å². The van der Waals surface area contributed by atoms with E-state index in [1.807, 2.05) is 6.92 Å². The Labute approximate surface area is 126 Å². The Hall–Kier alpha value is -1.40. The average molecular weight is 293 g/mol. The van der Waals surface area contributed by atoms with E-state index in [0.717, 1.165) is 36.6 Å². The number of aliphatic hydroxyl groups is 1. The quantitative estimate of drug-likeness (QED) is 0.474. The van der Waals surface area contributed by atoms with Crippen molar-refractivity contribution >= 4 is 11.6 Å². The molecule has 1 aromatic rings. The molecule has 6 nitrogen and oxygen atoms in total. The van der Waals surface area contributed by atoms with Crippen LogP contribution >= 0.6 is 0 Å². The van der Waals surface area contributed by atoms with E-state index in [9.17, 15) is 5.11 Å². The van der Waals surface area contributed by atoms with Gasteiger partial charge in [0.1, 0.15) is 17.5 Å². The van der Waals surface area contributed by atoms with Crippen molar-refractivity contribution in [3.05, 3.63) is 11.4 Å². The molecule has 1 aromatic heterocycles. The second-order valence-corrected chi connectivity index (χ2v) is 6.42. The molecule has 0 unspecified atom stereocenters. The third-order valence-corrected chi connectivity index (χ3v) is 4.45. The molecule has 6 heteroatoms. The fraction of sp³-hybridized carbons (Fsp3) is 0.733. The summed E-state index contributed by atoms with van der Waals surface area (Å²) >= 11 is 0. The van der Waals surface area contributed by atoms with Crippen molar-refractivity contribution in [2.24, 2.45) is 11.3 Å². The summed E-state index contributed by atoms with van der Waals surface area (Å²) in [6.07, 6.45) is 4.52. The molecule has 0 atom stereocenters. The van der Waals surface area contributed by atoms with Gasteiger partial charge in [-0.25, -0.2) is 15.8 Å². The van der Waals surface area contributed by atoms with E-state index in [1.54, 1.807) is 0 Å². The largest absolute Gasteiger partial charge is 0.396 e. The lowest BCUT2D eigenvalue weighted by molar-refractivity contribution is 0.142. The first kappa shape index (κ1) is 16.0. The summed E-state index contributed by atoms with van der Waals surface area (Å²) in [4.78, 5) is 9.04. The van der Waals surface area contributed by atoms with E-state index in [4.69, 9.17) is 5.84 Å². The van der Waals surface area contributed by atoms with Crippen molar-refractivity contribution in [3.8, 4) is 0 Å². The molecule has 0 spiro atoms. The van der Waals surface area contributed by atoms with Crippen LogP contribution in [-0.4, -0.2) is 28.2 Å². The number of nitrogens with zero attached hydrogens (tertiary/aromatic N) is 2. The van der Waals surface area contributed by atoms with Crippen LogP contribution in [0.1, 0.15) is 56.8 Å². The van der Waals surface area contributed by atoms with E-state index in [2.05, 4.69) is 34.6 Å². The van der Waals surface area contributed by atoms with Crippen molar-refractivity contribution in [2.75, 3.05) is 23.9 Å².